The minimum atomic E-state index is -1.17. The first-order valence-electron chi connectivity index (χ1n) is 4.42. The van der Waals surface area contributed by atoms with Gasteiger partial charge in [0, 0.05) is 0 Å². The van der Waals surface area contributed by atoms with Gasteiger partial charge in [-0.25, -0.2) is 0 Å². The van der Waals surface area contributed by atoms with Crippen LogP contribution >= 0.6 is 0 Å². The second-order valence-electron chi connectivity index (χ2n) is 3.84. The Hall–Kier alpha value is -1.35. The van der Waals surface area contributed by atoms with Crippen LogP contribution in [0.5, 0.6) is 0 Å². The molecule has 1 atom stereocenters. The second-order valence-corrected chi connectivity index (χ2v) is 3.84. The number of benzene rings is 1. The monoisotopic (exact) mass is 194 g/mol. The SMILES string of the molecule is CC(C)(C(=O)O)[C@H](O)c1ccccc1. The molecule has 0 aliphatic heterocycles. The molecule has 0 radical (unpaired) electrons. The van der Waals surface area contributed by atoms with Crippen molar-refractivity contribution in [1.29, 1.82) is 0 Å². The van der Waals surface area contributed by atoms with Gasteiger partial charge in [0.1, 0.15) is 0 Å². The van der Waals surface area contributed by atoms with Gasteiger partial charge in [-0.3, -0.25) is 4.79 Å². The largest absolute Gasteiger partial charge is 0.481 e. The molecule has 3 nitrogen and oxygen atoms in total. The van der Waals surface area contributed by atoms with Crippen LogP contribution in [0.3, 0.4) is 0 Å². The maximum absolute atomic E-state index is 10.9. The number of hydrogen-bond acceptors (Lipinski definition) is 2. The highest BCUT2D eigenvalue weighted by atomic mass is 16.4. The lowest BCUT2D eigenvalue weighted by Gasteiger charge is -2.26. The standard InChI is InChI=1S/C11H14O3/c1-11(2,10(13)14)9(12)8-6-4-3-5-7-8/h3-7,9,12H,1-2H3,(H,13,14)/t9-/m1/s1. The Kier molecular flexibility index (Phi) is 2.91. The second kappa shape index (κ2) is 3.80. The third-order valence-corrected chi connectivity index (χ3v) is 2.35. The average Bonchev–Trinajstić information content (AvgIpc) is 2.17. The Balaban J connectivity index is 2.96. The summed E-state index contributed by atoms with van der Waals surface area (Å²) >= 11 is 0. The number of rotatable bonds is 3. The van der Waals surface area contributed by atoms with Crippen LogP contribution in [0.4, 0.5) is 0 Å². The van der Waals surface area contributed by atoms with Crippen LogP contribution in [0.15, 0.2) is 30.3 Å². The molecule has 1 aromatic carbocycles. The van der Waals surface area contributed by atoms with Crippen LogP contribution in [-0.2, 0) is 4.79 Å². The highest BCUT2D eigenvalue weighted by Crippen LogP contribution is 2.33. The summed E-state index contributed by atoms with van der Waals surface area (Å²) < 4.78 is 0. The van der Waals surface area contributed by atoms with Crippen molar-refractivity contribution < 1.29 is 15.0 Å². The van der Waals surface area contributed by atoms with Crippen molar-refractivity contribution >= 4 is 5.97 Å². The highest BCUT2D eigenvalue weighted by Gasteiger charge is 2.36. The van der Waals surface area contributed by atoms with Gasteiger partial charge >= 0.3 is 5.97 Å². The predicted octanol–water partition coefficient (Wildman–Crippen LogP) is 1.83. The van der Waals surface area contributed by atoms with Crippen molar-refractivity contribution in [2.75, 3.05) is 0 Å². The molecule has 0 fully saturated rings. The van der Waals surface area contributed by atoms with E-state index in [9.17, 15) is 9.90 Å². The van der Waals surface area contributed by atoms with E-state index in [1.165, 1.54) is 13.8 Å². The van der Waals surface area contributed by atoms with Gasteiger partial charge in [-0.15, -0.1) is 0 Å². The summed E-state index contributed by atoms with van der Waals surface area (Å²) in [6.07, 6.45) is -0.985. The number of aliphatic hydroxyl groups excluding tert-OH is 1. The molecule has 1 rings (SSSR count). The summed E-state index contributed by atoms with van der Waals surface area (Å²) in [7, 11) is 0. The summed E-state index contributed by atoms with van der Waals surface area (Å²) in [6.45, 7) is 3.01. The van der Waals surface area contributed by atoms with Gasteiger partial charge in [-0.2, -0.15) is 0 Å². The fourth-order valence-corrected chi connectivity index (χ4v) is 1.17. The van der Waals surface area contributed by atoms with Gasteiger partial charge in [0.15, 0.2) is 0 Å². The lowest BCUT2D eigenvalue weighted by Crippen LogP contribution is -2.31. The number of aliphatic hydroxyl groups is 1. The number of carboxylic acids is 1. The van der Waals surface area contributed by atoms with Crippen molar-refractivity contribution in [2.45, 2.75) is 20.0 Å². The van der Waals surface area contributed by atoms with Crippen molar-refractivity contribution in [3.8, 4) is 0 Å². The van der Waals surface area contributed by atoms with Gasteiger partial charge in [0.05, 0.1) is 11.5 Å². The zero-order valence-corrected chi connectivity index (χ0v) is 8.27. The van der Waals surface area contributed by atoms with Crippen LogP contribution in [0, 0.1) is 5.41 Å². The molecule has 0 saturated heterocycles. The number of aliphatic carboxylic acids is 1. The summed E-state index contributed by atoms with van der Waals surface area (Å²) in [5.41, 5.74) is -0.540. The Morgan fingerprint density at radius 3 is 2.21 bits per heavy atom. The number of carbonyl (C=O) groups is 1. The average molecular weight is 194 g/mol. The van der Waals surface area contributed by atoms with E-state index in [0.717, 1.165) is 0 Å². The van der Waals surface area contributed by atoms with E-state index in [0.29, 0.717) is 5.56 Å². The fraction of sp³-hybridized carbons (Fsp3) is 0.364. The molecule has 0 saturated carbocycles. The normalized spacial score (nSPS) is 13.6. The minimum Gasteiger partial charge on any atom is -0.481 e. The van der Waals surface area contributed by atoms with E-state index < -0.39 is 17.5 Å². The molecular formula is C11H14O3. The number of carboxylic acid groups (broad SMARTS) is 1. The first-order chi connectivity index (χ1) is 6.46. The first-order valence-corrected chi connectivity index (χ1v) is 4.42. The molecule has 0 heterocycles. The van der Waals surface area contributed by atoms with Crippen LogP contribution < -0.4 is 0 Å². The van der Waals surface area contributed by atoms with E-state index in [2.05, 4.69) is 0 Å². The Labute approximate surface area is 83.0 Å². The van der Waals surface area contributed by atoms with Gasteiger partial charge in [-0.1, -0.05) is 30.3 Å². The smallest absolute Gasteiger partial charge is 0.312 e. The predicted molar refractivity (Wildman–Crippen MR) is 52.8 cm³/mol. The maximum Gasteiger partial charge on any atom is 0.312 e. The molecule has 14 heavy (non-hydrogen) atoms. The summed E-state index contributed by atoms with van der Waals surface area (Å²) in [6, 6.07) is 8.81. The number of hydrogen-bond donors (Lipinski definition) is 2. The zero-order valence-electron chi connectivity index (χ0n) is 8.27. The molecule has 3 heteroatoms. The van der Waals surface area contributed by atoms with Crippen LogP contribution in [-0.4, -0.2) is 16.2 Å². The Morgan fingerprint density at radius 2 is 1.79 bits per heavy atom. The van der Waals surface area contributed by atoms with E-state index in [-0.39, 0.29) is 0 Å². The topological polar surface area (TPSA) is 57.5 Å². The molecule has 2 N–H and O–H groups in total. The van der Waals surface area contributed by atoms with E-state index >= 15 is 0 Å². The Bertz CT molecular complexity index is 317. The van der Waals surface area contributed by atoms with Crippen LogP contribution in [0.1, 0.15) is 25.5 Å². The lowest BCUT2D eigenvalue weighted by molar-refractivity contribution is -0.153. The van der Waals surface area contributed by atoms with Crippen molar-refractivity contribution in [1.82, 2.24) is 0 Å². The third kappa shape index (κ3) is 1.93. The molecule has 0 spiro atoms. The van der Waals surface area contributed by atoms with Crippen molar-refractivity contribution in [2.24, 2.45) is 5.41 Å². The van der Waals surface area contributed by atoms with Crippen molar-refractivity contribution in [3.63, 3.8) is 0 Å². The zero-order chi connectivity index (χ0) is 10.8. The lowest BCUT2D eigenvalue weighted by atomic mass is 9.83. The fourth-order valence-electron chi connectivity index (χ4n) is 1.17. The van der Waals surface area contributed by atoms with Crippen LogP contribution in [0.25, 0.3) is 0 Å². The van der Waals surface area contributed by atoms with Crippen LogP contribution in [0.2, 0.25) is 0 Å². The molecule has 0 bridgehead atoms. The summed E-state index contributed by atoms with van der Waals surface area (Å²) in [5.74, 6) is -1.01. The molecule has 76 valence electrons. The van der Waals surface area contributed by atoms with Crippen molar-refractivity contribution in [3.05, 3.63) is 35.9 Å². The first kappa shape index (κ1) is 10.7. The molecule has 0 aliphatic carbocycles. The summed E-state index contributed by atoms with van der Waals surface area (Å²) in [5, 5.41) is 18.8. The van der Waals surface area contributed by atoms with E-state index in [4.69, 9.17) is 5.11 Å². The maximum atomic E-state index is 10.9. The Morgan fingerprint density at radius 1 is 1.29 bits per heavy atom. The third-order valence-electron chi connectivity index (χ3n) is 2.35. The summed E-state index contributed by atoms with van der Waals surface area (Å²) in [4.78, 5) is 10.9. The molecule has 1 aromatic rings. The van der Waals surface area contributed by atoms with Gasteiger partial charge in [0.2, 0.25) is 0 Å². The molecule has 0 aromatic heterocycles. The van der Waals surface area contributed by atoms with Gasteiger partial charge in [-0.05, 0) is 19.4 Å². The molecule has 0 amide bonds. The van der Waals surface area contributed by atoms with Gasteiger partial charge in [0.25, 0.3) is 0 Å². The quantitative estimate of drug-likeness (QED) is 0.771. The molecular weight excluding hydrogens is 180 g/mol. The van der Waals surface area contributed by atoms with E-state index in [1.54, 1.807) is 24.3 Å². The molecule has 0 aliphatic rings. The molecule has 0 unspecified atom stereocenters. The van der Waals surface area contributed by atoms with E-state index in [1.807, 2.05) is 6.07 Å². The van der Waals surface area contributed by atoms with Gasteiger partial charge < -0.3 is 10.2 Å². The highest BCUT2D eigenvalue weighted by molar-refractivity contribution is 5.74. The minimum absolute atomic E-state index is 0.625.